The maximum atomic E-state index is 6.13. The Morgan fingerprint density at radius 3 is 2.81 bits per heavy atom. The summed E-state index contributed by atoms with van der Waals surface area (Å²) in [6.45, 7) is 2.90. The van der Waals surface area contributed by atoms with Crippen molar-refractivity contribution in [3.05, 3.63) is 23.2 Å². The van der Waals surface area contributed by atoms with Gasteiger partial charge in [-0.15, -0.1) is 11.8 Å². The van der Waals surface area contributed by atoms with Gasteiger partial charge in [-0.05, 0) is 37.8 Å². The van der Waals surface area contributed by atoms with Crippen LogP contribution in [0.5, 0.6) is 0 Å². The number of benzene rings is 1. The van der Waals surface area contributed by atoms with Crippen molar-refractivity contribution in [2.45, 2.75) is 24.3 Å². The van der Waals surface area contributed by atoms with E-state index < -0.39 is 0 Å². The maximum absolute atomic E-state index is 6.13. The summed E-state index contributed by atoms with van der Waals surface area (Å²) in [6, 6.07) is 6.45. The average Bonchev–Trinajstić information content (AvgIpc) is 2.26. The summed E-state index contributed by atoms with van der Waals surface area (Å²) in [5.74, 6) is 0. The first-order valence-corrected chi connectivity index (χ1v) is 6.86. The lowest BCUT2D eigenvalue weighted by molar-refractivity contribution is 0.191. The number of thioether (sulfide) groups is 1. The molecule has 0 aliphatic rings. The number of ether oxygens (including phenoxy) is 1. The molecule has 4 heteroatoms. The van der Waals surface area contributed by atoms with Crippen molar-refractivity contribution >= 4 is 29.1 Å². The minimum atomic E-state index is 0.385. The van der Waals surface area contributed by atoms with Gasteiger partial charge in [0.15, 0.2) is 0 Å². The minimum absolute atomic E-state index is 0.385. The molecule has 0 amide bonds. The van der Waals surface area contributed by atoms with E-state index in [0.717, 1.165) is 28.6 Å². The molecule has 0 spiro atoms. The molecule has 0 heterocycles. The Labute approximate surface area is 107 Å². The molecular weight excluding hydrogens is 242 g/mol. The second-order valence-electron chi connectivity index (χ2n) is 3.68. The number of halogens is 1. The van der Waals surface area contributed by atoms with Crippen LogP contribution in [0, 0.1) is 0 Å². The highest BCUT2D eigenvalue weighted by atomic mass is 35.5. The maximum Gasteiger partial charge on any atom is 0.0562 e. The van der Waals surface area contributed by atoms with E-state index in [2.05, 4.69) is 18.3 Å². The monoisotopic (exact) mass is 259 g/mol. The molecule has 90 valence electrons. The fourth-order valence-electron chi connectivity index (χ4n) is 1.41. The highest BCUT2D eigenvalue weighted by molar-refractivity contribution is 7.98. The number of methoxy groups -OCH3 is 1. The lowest BCUT2D eigenvalue weighted by Crippen LogP contribution is -2.17. The molecule has 0 fully saturated rings. The predicted octanol–water partition coefficient (Wildman–Crippen LogP) is 3.90. The highest BCUT2D eigenvalue weighted by Crippen LogP contribution is 2.28. The van der Waals surface area contributed by atoms with Crippen molar-refractivity contribution in [1.82, 2.24) is 0 Å². The van der Waals surface area contributed by atoms with Gasteiger partial charge in [-0.3, -0.25) is 0 Å². The lowest BCUT2D eigenvalue weighted by Gasteiger charge is -2.15. The first-order valence-electron chi connectivity index (χ1n) is 5.26. The first kappa shape index (κ1) is 13.7. The molecule has 0 saturated heterocycles. The van der Waals surface area contributed by atoms with Crippen LogP contribution in [0.15, 0.2) is 23.1 Å². The van der Waals surface area contributed by atoms with E-state index in [1.54, 1.807) is 18.9 Å². The van der Waals surface area contributed by atoms with E-state index in [9.17, 15) is 0 Å². The number of hydrogen-bond acceptors (Lipinski definition) is 3. The van der Waals surface area contributed by atoms with Gasteiger partial charge in [-0.25, -0.2) is 0 Å². The van der Waals surface area contributed by atoms with Crippen LogP contribution >= 0.6 is 23.4 Å². The summed E-state index contributed by atoms with van der Waals surface area (Å²) in [4.78, 5) is 1.11. The van der Waals surface area contributed by atoms with Crippen LogP contribution in [0.1, 0.15) is 13.3 Å². The van der Waals surface area contributed by atoms with E-state index in [4.69, 9.17) is 16.3 Å². The van der Waals surface area contributed by atoms with Crippen molar-refractivity contribution in [2.75, 3.05) is 25.3 Å². The molecule has 1 atom stereocenters. The molecule has 1 aromatic rings. The topological polar surface area (TPSA) is 21.3 Å². The normalized spacial score (nSPS) is 12.5. The molecule has 0 radical (unpaired) electrons. The van der Waals surface area contributed by atoms with E-state index in [0.29, 0.717) is 6.04 Å². The standard InChI is InChI=1S/C12H18ClNOS/c1-9(6-7-15-2)14-10-4-5-12(16-3)11(13)8-10/h4-5,8-9,14H,6-7H2,1-3H3. The van der Waals surface area contributed by atoms with Crippen LogP contribution in [0.2, 0.25) is 5.02 Å². The lowest BCUT2D eigenvalue weighted by atomic mass is 10.2. The van der Waals surface area contributed by atoms with Gasteiger partial charge in [0, 0.05) is 30.3 Å². The van der Waals surface area contributed by atoms with Crippen LogP contribution in [0.3, 0.4) is 0 Å². The Balaban J connectivity index is 2.57. The summed E-state index contributed by atoms with van der Waals surface area (Å²) in [5.41, 5.74) is 1.06. The number of nitrogens with one attached hydrogen (secondary N) is 1. The molecule has 0 aliphatic heterocycles. The molecule has 0 aromatic heterocycles. The van der Waals surface area contributed by atoms with Crippen molar-refractivity contribution in [3.63, 3.8) is 0 Å². The summed E-state index contributed by atoms with van der Waals surface area (Å²) in [6.07, 6.45) is 3.01. The zero-order valence-corrected chi connectivity index (χ0v) is 11.5. The van der Waals surface area contributed by atoms with Crippen LogP contribution in [0.25, 0.3) is 0 Å². The van der Waals surface area contributed by atoms with Gasteiger partial charge in [0.2, 0.25) is 0 Å². The molecule has 16 heavy (non-hydrogen) atoms. The Bertz CT molecular complexity index is 333. The molecule has 0 saturated carbocycles. The zero-order valence-electron chi connectivity index (χ0n) is 9.92. The van der Waals surface area contributed by atoms with Crippen LogP contribution < -0.4 is 5.32 Å². The van der Waals surface area contributed by atoms with E-state index in [-0.39, 0.29) is 0 Å². The SMILES string of the molecule is COCCC(C)Nc1ccc(SC)c(Cl)c1. The van der Waals surface area contributed by atoms with Crippen molar-refractivity contribution < 1.29 is 4.74 Å². The molecular formula is C12H18ClNOS. The van der Waals surface area contributed by atoms with Gasteiger partial charge in [0.25, 0.3) is 0 Å². The Morgan fingerprint density at radius 2 is 2.25 bits per heavy atom. The third-order valence-corrected chi connectivity index (χ3v) is 3.54. The summed E-state index contributed by atoms with van der Waals surface area (Å²) in [7, 11) is 1.72. The quantitative estimate of drug-likeness (QED) is 0.783. The molecule has 1 aromatic carbocycles. The fourth-order valence-corrected chi connectivity index (χ4v) is 2.28. The third kappa shape index (κ3) is 4.24. The van der Waals surface area contributed by atoms with Gasteiger partial charge in [-0.1, -0.05) is 11.6 Å². The minimum Gasteiger partial charge on any atom is -0.385 e. The second kappa shape index (κ2) is 7.05. The van der Waals surface area contributed by atoms with Crippen LogP contribution in [-0.2, 0) is 4.74 Å². The number of hydrogen-bond donors (Lipinski definition) is 1. The Kier molecular flexibility index (Phi) is 6.03. The van der Waals surface area contributed by atoms with E-state index in [1.165, 1.54) is 0 Å². The summed E-state index contributed by atoms with van der Waals surface area (Å²) < 4.78 is 5.04. The van der Waals surface area contributed by atoms with E-state index in [1.807, 2.05) is 18.4 Å². The Morgan fingerprint density at radius 1 is 1.50 bits per heavy atom. The Hall–Kier alpha value is -0.380. The van der Waals surface area contributed by atoms with Crippen LogP contribution in [0.4, 0.5) is 5.69 Å². The zero-order chi connectivity index (χ0) is 12.0. The first-order chi connectivity index (χ1) is 7.67. The van der Waals surface area contributed by atoms with Gasteiger partial charge in [-0.2, -0.15) is 0 Å². The fraction of sp³-hybridized carbons (Fsp3) is 0.500. The average molecular weight is 260 g/mol. The third-order valence-electron chi connectivity index (χ3n) is 2.32. The molecule has 1 N–H and O–H groups in total. The van der Waals surface area contributed by atoms with Gasteiger partial charge >= 0.3 is 0 Å². The second-order valence-corrected chi connectivity index (χ2v) is 4.93. The van der Waals surface area contributed by atoms with Crippen molar-refractivity contribution in [1.29, 1.82) is 0 Å². The molecule has 1 unspecified atom stereocenters. The summed E-state index contributed by atoms with van der Waals surface area (Å²) in [5, 5.41) is 4.20. The smallest absolute Gasteiger partial charge is 0.0562 e. The molecule has 1 rings (SSSR count). The highest BCUT2D eigenvalue weighted by Gasteiger charge is 2.04. The van der Waals surface area contributed by atoms with E-state index >= 15 is 0 Å². The number of rotatable bonds is 6. The largest absolute Gasteiger partial charge is 0.385 e. The molecule has 0 bridgehead atoms. The van der Waals surface area contributed by atoms with Crippen LogP contribution in [-0.4, -0.2) is 26.0 Å². The summed E-state index contributed by atoms with van der Waals surface area (Å²) >= 11 is 7.79. The predicted molar refractivity (Wildman–Crippen MR) is 72.8 cm³/mol. The van der Waals surface area contributed by atoms with Crippen molar-refractivity contribution in [3.8, 4) is 0 Å². The van der Waals surface area contributed by atoms with Gasteiger partial charge in [0.05, 0.1) is 5.02 Å². The molecule has 0 aliphatic carbocycles. The van der Waals surface area contributed by atoms with Gasteiger partial charge in [0.1, 0.15) is 0 Å². The van der Waals surface area contributed by atoms with Gasteiger partial charge < -0.3 is 10.1 Å². The van der Waals surface area contributed by atoms with Crippen molar-refractivity contribution in [2.24, 2.45) is 0 Å². The molecule has 2 nitrogen and oxygen atoms in total. The number of anilines is 1.